The van der Waals surface area contributed by atoms with Crippen LogP contribution >= 0.6 is 0 Å². The Morgan fingerprint density at radius 1 is 0.861 bits per heavy atom. The molecule has 2 heterocycles. The third-order valence-electron chi connectivity index (χ3n) is 6.04. The van der Waals surface area contributed by atoms with E-state index in [1.807, 2.05) is 11.8 Å². The van der Waals surface area contributed by atoms with Crippen LogP contribution in [0.2, 0.25) is 0 Å². The molecule has 0 aromatic rings. The first kappa shape index (κ1) is 29.8. The van der Waals surface area contributed by atoms with Gasteiger partial charge in [0.2, 0.25) is 0 Å². The maximum absolute atomic E-state index is 13.1. The zero-order chi connectivity index (χ0) is 27.6. The average Bonchev–Trinajstić information content (AvgIpc) is 2.73. The predicted molar refractivity (Wildman–Crippen MR) is 132 cm³/mol. The van der Waals surface area contributed by atoms with Crippen LogP contribution in [0, 0.1) is 16.2 Å². The maximum atomic E-state index is 13.1. The van der Waals surface area contributed by atoms with Gasteiger partial charge in [0.1, 0.15) is 0 Å². The average molecular weight is 510 g/mol. The number of allylic oxidation sites excluding steroid dienone is 1. The van der Waals surface area contributed by atoms with Crippen molar-refractivity contribution < 1.29 is 38.1 Å². The van der Waals surface area contributed by atoms with Gasteiger partial charge in [0.25, 0.3) is 0 Å². The van der Waals surface area contributed by atoms with Crippen LogP contribution in [0.3, 0.4) is 0 Å². The molecule has 0 amide bonds. The third kappa shape index (κ3) is 7.31. The van der Waals surface area contributed by atoms with Crippen molar-refractivity contribution in [3.63, 3.8) is 0 Å². The summed E-state index contributed by atoms with van der Waals surface area (Å²) in [6.45, 7) is 17.3. The first-order chi connectivity index (χ1) is 16.4. The number of nitrogens with zero attached hydrogens (tertiary/aromatic N) is 1. The van der Waals surface area contributed by atoms with Gasteiger partial charge in [0.15, 0.2) is 30.3 Å². The maximum Gasteiger partial charge on any atom is 0.311 e. The standard InChI is InChI=1S/C27H43NO8/c1-11-16-14-17(29)12-13-28(16)21-20(36-24(32)27(8,9)10)19(35-23(31)26(5,6)7)18(15-33-21)34-22(30)25(2,3)4/h12-13,16,18-21H,11,14-15H2,1-10H3/t16-,18+,19+,20-,21-/m0/s1. The Bertz CT molecular complexity index is 874. The molecule has 0 N–H and O–H groups in total. The second-order valence-electron chi connectivity index (χ2n) is 12.7. The van der Waals surface area contributed by atoms with Crippen molar-refractivity contribution in [1.82, 2.24) is 4.90 Å². The lowest BCUT2D eigenvalue weighted by atomic mass is 9.93. The number of hydrogen-bond acceptors (Lipinski definition) is 9. The summed E-state index contributed by atoms with van der Waals surface area (Å²) in [6.07, 6.45) is -0.0577. The number of ether oxygens (including phenoxy) is 4. The minimum Gasteiger partial charge on any atom is -0.455 e. The van der Waals surface area contributed by atoms with Crippen molar-refractivity contribution in [2.24, 2.45) is 16.2 Å². The van der Waals surface area contributed by atoms with Crippen LogP contribution in [0.5, 0.6) is 0 Å². The molecule has 0 aromatic carbocycles. The largest absolute Gasteiger partial charge is 0.455 e. The fourth-order valence-electron chi connectivity index (χ4n) is 3.64. The first-order valence-electron chi connectivity index (χ1n) is 12.6. The monoisotopic (exact) mass is 509 g/mol. The Hall–Kier alpha value is -2.42. The Labute approximate surface area is 214 Å². The van der Waals surface area contributed by atoms with Gasteiger partial charge in [0.05, 0.1) is 22.9 Å². The minimum atomic E-state index is -1.11. The molecule has 0 aliphatic carbocycles. The van der Waals surface area contributed by atoms with Crippen LogP contribution in [-0.4, -0.2) is 65.8 Å². The molecule has 0 bridgehead atoms. The molecule has 9 nitrogen and oxygen atoms in total. The summed E-state index contributed by atoms with van der Waals surface area (Å²) in [6, 6.07) is -0.198. The highest BCUT2D eigenvalue weighted by molar-refractivity contribution is 5.90. The molecule has 2 aliphatic heterocycles. The molecular weight excluding hydrogens is 466 g/mol. The van der Waals surface area contributed by atoms with E-state index in [0.717, 1.165) is 0 Å². The van der Waals surface area contributed by atoms with Crippen LogP contribution < -0.4 is 0 Å². The van der Waals surface area contributed by atoms with Crippen molar-refractivity contribution in [1.29, 1.82) is 0 Å². The number of carbonyl (C=O) groups is 4. The van der Waals surface area contributed by atoms with Gasteiger partial charge in [-0.15, -0.1) is 0 Å². The van der Waals surface area contributed by atoms with Crippen molar-refractivity contribution in [2.75, 3.05) is 6.61 Å². The second-order valence-corrected chi connectivity index (χ2v) is 12.7. The Morgan fingerprint density at radius 3 is 1.81 bits per heavy atom. The van der Waals surface area contributed by atoms with Gasteiger partial charge in [-0.05, 0) is 74.8 Å². The molecule has 0 aromatic heterocycles. The van der Waals surface area contributed by atoms with E-state index in [1.165, 1.54) is 6.08 Å². The van der Waals surface area contributed by atoms with Gasteiger partial charge in [-0.2, -0.15) is 0 Å². The summed E-state index contributed by atoms with van der Waals surface area (Å²) in [5.41, 5.74) is -2.51. The molecule has 1 saturated heterocycles. The molecule has 1 fully saturated rings. The van der Waals surface area contributed by atoms with Crippen LogP contribution in [0.1, 0.15) is 82.1 Å². The van der Waals surface area contributed by atoms with Crippen LogP contribution in [0.25, 0.3) is 0 Å². The van der Waals surface area contributed by atoms with Gasteiger partial charge in [0, 0.05) is 18.7 Å². The molecule has 204 valence electrons. The van der Waals surface area contributed by atoms with Crippen molar-refractivity contribution >= 4 is 23.7 Å². The van der Waals surface area contributed by atoms with Crippen molar-refractivity contribution in [2.45, 2.75) is 113 Å². The lowest BCUT2D eigenvalue weighted by Crippen LogP contribution is -2.64. The zero-order valence-corrected chi connectivity index (χ0v) is 23.4. The lowest BCUT2D eigenvalue weighted by Gasteiger charge is -2.48. The fraction of sp³-hybridized carbons (Fsp3) is 0.778. The zero-order valence-electron chi connectivity index (χ0n) is 23.4. The molecule has 36 heavy (non-hydrogen) atoms. The van der Waals surface area contributed by atoms with E-state index >= 15 is 0 Å². The predicted octanol–water partition coefficient (Wildman–Crippen LogP) is 3.78. The van der Waals surface area contributed by atoms with E-state index in [4.69, 9.17) is 18.9 Å². The molecule has 5 atom stereocenters. The Kier molecular flexibility index (Phi) is 9.03. The van der Waals surface area contributed by atoms with Gasteiger partial charge in [-0.25, -0.2) is 0 Å². The highest BCUT2D eigenvalue weighted by atomic mass is 16.6. The number of hydrogen-bond donors (Lipinski definition) is 0. The number of esters is 3. The summed E-state index contributed by atoms with van der Waals surface area (Å²) in [7, 11) is 0. The van der Waals surface area contributed by atoms with E-state index in [-0.39, 0.29) is 24.9 Å². The lowest BCUT2D eigenvalue weighted by molar-refractivity contribution is -0.256. The summed E-state index contributed by atoms with van der Waals surface area (Å²) in [5.74, 6) is -1.56. The van der Waals surface area contributed by atoms with Gasteiger partial charge < -0.3 is 23.8 Å². The summed E-state index contributed by atoms with van der Waals surface area (Å²) in [4.78, 5) is 52.8. The summed E-state index contributed by atoms with van der Waals surface area (Å²) in [5, 5.41) is 0. The molecule has 0 unspecified atom stereocenters. The van der Waals surface area contributed by atoms with Crippen LogP contribution in [0.4, 0.5) is 0 Å². The van der Waals surface area contributed by atoms with E-state index in [2.05, 4.69) is 0 Å². The molecule has 2 aliphatic rings. The summed E-state index contributed by atoms with van der Waals surface area (Å²) < 4.78 is 23.8. The number of rotatable bonds is 5. The number of carbonyl (C=O) groups excluding carboxylic acids is 4. The van der Waals surface area contributed by atoms with Gasteiger partial charge >= 0.3 is 17.9 Å². The third-order valence-corrected chi connectivity index (χ3v) is 6.04. The van der Waals surface area contributed by atoms with Crippen LogP contribution in [-0.2, 0) is 38.1 Å². The van der Waals surface area contributed by atoms with Crippen molar-refractivity contribution in [3.05, 3.63) is 12.3 Å². The van der Waals surface area contributed by atoms with E-state index in [1.54, 1.807) is 68.5 Å². The highest BCUT2D eigenvalue weighted by Gasteiger charge is 2.52. The molecule has 0 saturated carbocycles. The Morgan fingerprint density at radius 2 is 1.33 bits per heavy atom. The Balaban J connectivity index is 2.55. The van der Waals surface area contributed by atoms with Crippen LogP contribution in [0.15, 0.2) is 12.3 Å². The smallest absolute Gasteiger partial charge is 0.311 e. The molecule has 0 spiro atoms. The number of ketones is 1. The first-order valence-corrected chi connectivity index (χ1v) is 12.6. The molecular formula is C27H43NO8. The molecule has 0 radical (unpaired) electrons. The SMILES string of the molecule is CC[C@H]1CC(=O)C=CN1[C@H]1OC[C@@H](OC(=O)C(C)(C)C)[C@@H](OC(=O)C(C)(C)C)[C@@H]1OC(=O)C(C)(C)C. The van der Waals surface area contributed by atoms with Gasteiger partial charge in [-0.1, -0.05) is 6.92 Å². The molecule has 9 heteroatoms. The van der Waals surface area contributed by atoms with E-state index in [9.17, 15) is 19.2 Å². The second kappa shape index (κ2) is 10.9. The topological polar surface area (TPSA) is 108 Å². The molecule has 2 rings (SSSR count). The minimum absolute atomic E-state index is 0.00941. The highest BCUT2D eigenvalue weighted by Crippen LogP contribution is 2.34. The summed E-state index contributed by atoms with van der Waals surface area (Å²) >= 11 is 0. The van der Waals surface area contributed by atoms with E-state index < -0.39 is 58.7 Å². The fourth-order valence-corrected chi connectivity index (χ4v) is 3.64. The van der Waals surface area contributed by atoms with Gasteiger partial charge in [-0.3, -0.25) is 19.2 Å². The normalized spacial score (nSPS) is 27.4. The van der Waals surface area contributed by atoms with E-state index in [0.29, 0.717) is 6.42 Å². The van der Waals surface area contributed by atoms with Crippen molar-refractivity contribution in [3.8, 4) is 0 Å². The quantitative estimate of drug-likeness (QED) is 0.404.